The first-order valence-electron chi connectivity index (χ1n) is 5.30. The highest BCUT2D eigenvalue weighted by Crippen LogP contribution is 2.27. The van der Waals surface area contributed by atoms with Crippen molar-refractivity contribution in [2.45, 2.75) is 0 Å². The number of ether oxygens (including phenoxy) is 1. The van der Waals surface area contributed by atoms with E-state index < -0.39 is 29.1 Å². The number of hydrogen-bond acceptors (Lipinski definition) is 5. The summed E-state index contributed by atoms with van der Waals surface area (Å²) in [5, 5.41) is 21.9. The first-order valence-corrected chi connectivity index (χ1v) is 5.30. The first-order chi connectivity index (χ1) is 9.45. The molecule has 0 spiro atoms. The molecule has 0 aliphatic heterocycles. The van der Waals surface area contributed by atoms with E-state index in [4.69, 9.17) is 16.3 Å². The van der Waals surface area contributed by atoms with E-state index in [0.717, 1.165) is 18.2 Å². The third-order valence-electron chi connectivity index (χ3n) is 2.15. The maximum atomic E-state index is 11.3. The van der Waals surface area contributed by atoms with Crippen LogP contribution in [0.5, 0.6) is 5.75 Å². The molecule has 8 heteroatoms. The second-order valence-electron chi connectivity index (χ2n) is 3.51. The van der Waals surface area contributed by atoms with Gasteiger partial charge in [0.05, 0.1) is 17.0 Å². The van der Waals surface area contributed by atoms with E-state index in [1.807, 2.05) is 0 Å². The Hall–Kier alpha value is -3.08. The number of amides is 1. The number of nitrogens with one attached hydrogen (secondary N) is 1. The molecule has 0 atom stereocenters. The lowest BCUT2D eigenvalue weighted by molar-refractivity contribution is -0.385. The Labute approximate surface area is 113 Å². The number of hydrogen-bond donors (Lipinski definition) is 2. The molecular formula is C12H10N2O6. The number of carbonyl (C=O) groups is 2. The molecule has 1 aromatic rings. The van der Waals surface area contributed by atoms with Gasteiger partial charge in [0.15, 0.2) is 12.4 Å². The molecule has 0 radical (unpaired) electrons. The van der Waals surface area contributed by atoms with Crippen LogP contribution in [0, 0.1) is 22.5 Å². The molecule has 0 heterocycles. The van der Waals surface area contributed by atoms with Gasteiger partial charge in [-0.1, -0.05) is 5.92 Å². The number of carboxylic acid groups (broad SMARTS) is 1. The van der Waals surface area contributed by atoms with Crippen molar-refractivity contribution in [3.05, 3.63) is 33.9 Å². The highest BCUT2D eigenvalue weighted by Gasteiger charge is 2.18. The summed E-state index contributed by atoms with van der Waals surface area (Å²) in [5.74, 6) is 0.0430. The van der Waals surface area contributed by atoms with Crippen molar-refractivity contribution in [1.29, 1.82) is 0 Å². The average molecular weight is 278 g/mol. The maximum absolute atomic E-state index is 11.3. The zero-order chi connectivity index (χ0) is 15.1. The normalized spacial score (nSPS) is 9.35. The Morgan fingerprint density at radius 3 is 2.75 bits per heavy atom. The standard InChI is InChI=1S/C12H10N2O6/c1-2-5-13-11(15)7-20-10-6-8(12(16)17)3-4-9(10)14(18)19/h1,3-4,6H,5,7H2,(H,13,15)(H,16,17). The van der Waals surface area contributed by atoms with Gasteiger partial charge in [-0.05, 0) is 6.07 Å². The SMILES string of the molecule is C#CCNC(=O)COc1cc(C(=O)O)ccc1[N+](=O)[O-]. The number of carbonyl (C=O) groups excluding carboxylic acids is 1. The maximum Gasteiger partial charge on any atom is 0.335 e. The Morgan fingerprint density at radius 2 is 2.20 bits per heavy atom. The van der Waals surface area contributed by atoms with Crippen LogP contribution in [0.1, 0.15) is 10.4 Å². The van der Waals surface area contributed by atoms with Crippen LogP contribution in [0.4, 0.5) is 5.69 Å². The third kappa shape index (κ3) is 3.99. The molecule has 0 unspecified atom stereocenters. The van der Waals surface area contributed by atoms with Gasteiger partial charge in [-0.15, -0.1) is 6.42 Å². The molecule has 20 heavy (non-hydrogen) atoms. The van der Waals surface area contributed by atoms with E-state index in [0.29, 0.717) is 0 Å². The number of terminal acetylenes is 1. The lowest BCUT2D eigenvalue weighted by atomic mass is 10.2. The predicted octanol–water partition coefficient (Wildman–Crippen LogP) is 0.421. The molecule has 0 fully saturated rings. The van der Waals surface area contributed by atoms with Crippen LogP contribution in [-0.2, 0) is 4.79 Å². The van der Waals surface area contributed by atoms with Crippen LogP contribution in [0.25, 0.3) is 0 Å². The minimum Gasteiger partial charge on any atom is -0.478 e. The molecule has 0 aliphatic carbocycles. The fourth-order valence-electron chi connectivity index (χ4n) is 1.26. The van der Waals surface area contributed by atoms with Gasteiger partial charge in [0.2, 0.25) is 0 Å². The van der Waals surface area contributed by atoms with Crippen molar-refractivity contribution in [1.82, 2.24) is 5.32 Å². The van der Waals surface area contributed by atoms with Gasteiger partial charge >= 0.3 is 11.7 Å². The van der Waals surface area contributed by atoms with E-state index in [1.54, 1.807) is 0 Å². The number of carboxylic acids is 1. The second kappa shape index (κ2) is 6.75. The van der Waals surface area contributed by atoms with E-state index in [-0.39, 0.29) is 17.9 Å². The third-order valence-corrected chi connectivity index (χ3v) is 2.15. The van der Waals surface area contributed by atoms with Crippen LogP contribution in [0.15, 0.2) is 18.2 Å². The Bertz CT molecular complexity index is 590. The van der Waals surface area contributed by atoms with E-state index in [2.05, 4.69) is 11.2 Å². The number of aromatic carboxylic acids is 1. The first kappa shape index (κ1) is 15.0. The number of benzene rings is 1. The zero-order valence-electron chi connectivity index (χ0n) is 10.2. The molecule has 1 rings (SSSR count). The van der Waals surface area contributed by atoms with Gasteiger partial charge in [-0.25, -0.2) is 4.79 Å². The minimum atomic E-state index is -1.26. The highest BCUT2D eigenvalue weighted by atomic mass is 16.6. The van der Waals surface area contributed by atoms with Gasteiger partial charge in [-0.2, -0.15) is 0 Å². The lowest BCUT2D eigenvalue weighted by Crippen LogP contribution is -2.29. The van der Waals surface area contributed by atoms with Gasteiger partial charge in [-0.3, -0.25) is 14.9 Å². The molecule has 1 aromatic carbocycles. The summed E-state index contributed by atoms with van der Waals surface area (Å²) in [4.78, 5) is 32.1. The topological polar surface area (TPSA) is 119 Å². The summed E-state index contributed by atoms with van der Waals surface area (Å²) >= 11 is 0. The van der Waals surface area contributed by atoms with Gasteiger partial charge in [0, 0.05) is 12.1 Å². The number of nitro groups is 1. The fraction of sp³-hybridized carbons (Fsp3) is 0.167. The van der Waals surface area contributed by atoms with Crippen molar-refractivity contribution in [3.8, 4) is 18.1 Å². The van der Waals surface area contributed by atoms with Crippen LogP contribution >= 0.6 is 0 Å². The molecular weight excluding hydrogens is 268 g/mol. The summed E-state index contributed by atoms with van der Waals surface area (Å²) in [5.41, 5.74) is -0.616. The Morgan fingerprint density at radius 1 is 1.50 bits per heavy atom. The Kier molecular flexibility index (Phi) is 5.05. The number of rotatable bonds is 6. The average Bonchev–Trinajstić information content (AvgIpc) is 2.42. The molecule has 0 aliphatic rings. The highest BCUT2D eigenvalue weighted by molar-refractivity contribution is 5.88. The van der Waals surface area contributed by atoms with Crippen LogP contribution in [0.3, 0.4) is 0 Å². The van der Waals surface area contributed by atoms with Gasteiger partial charge in [0.1, 0.15) is 0 Å². The molecule has 2 N–H and O–H groups in total. The molecule has 8 nitrogen and oxygen atoms in total. The minimum absolute atomic E-state index is 0.000543. The molecule has 104 valence electrons. The second-order valence-corrected chi connectivity index (χ2v) is 3.51. The Balaban J connectivity index is 2.88. The van der Waals surface area contributed by atoms with Crippen LogP contribution in [-0.4, -0.2) is 35.1 Å². The molecule has 0 saturated heterocycles. The molecule has 1 amide bonds. The van der Waals surface area contributed by atoms with Gasteiger partial charge in [0.25, 0.3) is 5.91 Å². The van der Waals surface area contributed by atoms with Crippen LogP contribution in [0.2, 0.25) is 0 Å². The van der Waals surface area contributed by atoms with Crippen molar-refractivity contribution < 1.29 is 24.4 Å². The van der Waals surface area contributed by atoms with E-state index in [9.17, 15) is 19.7 Å². The smallest absolute Gasteiger partial charge is 0.335 e. The molecule has 0 saturated carbocycles. The number of nitro benzene ring substituents is 1. The lowest BCUT2D eigenvalue weighted by Gasteiger charge is -2.07. The van der Waals surface area contributed by atoms with Crippen molar-refractivity contribution in [2.24, 2.45) is 0 Å². The summed E-state index contributed by atoms with van der Waals surface area (Å²) < 4.78 is 4.96. The zero-order valence-corrected chi connectivity index (χ0v) is 10.2. The summed E-state index contributed by atoms with van der Waals surface area (Å²) in [7, 11) is 0. The molecule has 0 bridgehead atoms. The van der Waals surface area contributed by atoms with Gasteiger partial charge < -0.3 is 15.2 Å². The van der Waals surface area contributed by atoms with E-state index in [1.165, 1.54) is 0 Å². The van der Waals surface area contributed by atoms with Crippen molar-refractivity contribution in [3.63, 3.8) is 0 Å². The summed E-state index contributed by atoms with van der Waals surface area (Å²) in [6.45, 7) is -0.509. The quantitative estimate of drug-likeness (QED) is 0.442. The molecule has 0 aromatic heterocycles. The number of nitrogens with zero attached hydrogens (tertiary/aromatic N) is 1. The van der Waals surface area contributed by atoms with Crippen molar-refractivity contribution in [2.75, 3.05) is 13.2 Å². The van der Waals surface area contributed by atoms with Crippen LogP contribution < -0.4 is 10.1 Å². The largest absolute Gasteiger partial charge is 0.478 e. The predicted molar refractivity (Wildman–Crippen MR) is 67.4 cm³/mol. The summed E-state index contributed by atoms with van der Waals surface area (Å²) in [6, 6.07) is 3.05. The monoisotopic (exact) mass is 278 g/mol. The van der Waals surface area contributed by atoms with Crippen molar-refractivity contribution >= 4 is 17.6 Å². The summed E-state index contributed by atoms with van der Waals surface area (Å²) in [6.07, 6.45) is 4.94. The van der Waals surface area contributed by atoms with E-state index >= 15 is 0 Å². The fourth-order valence-corrected chi connectivity index (χ4v) is 1.26.